The van der Waals surface area contributed by atoms with E-state index in [1.807, 2.05) is 9.36 Å². The molecule has 0 aromatic carbocycles. The number of hydrogen-bond acceptors (Lipinski definition) is 4. The average Bonchev–Trinajstić information content (AvgIpc) is 2.96. The van der Waals surface area contributed by atoms with Crippen molar-refractivity contribution in [1.82, 2.24) is 29.5 Å². The number of unbranched alkanes of at least 4 members (excludes halogenated alkanes) is 1. The maximum atomic E-state index is 4.19. The normalized spacial score (nSPS) is 12.8. The van der Waals surface area contributed by atoms with E-state index in [0.29, 0.717) is 6.04 Å². The SMILES string of the molecule is CCCCC(Cn1cncn1)n1cncn1. The maximum absolute atomic E-state index is 4.19. The molecule has 0 aliphatic rings. The molecular weight excluding hydrogens is 204 g/mol. The van der Waals surface area contributed by atoms with Gasteiger partial charge in [0, 0.05) is 0 Å². The third-order valence-electron chi connectivity index (χ3n) is 2.57. The zero-order chi connectivity index (χ0) is 11.2. The van der Waals surface area contributed by atoms with Crippen LogP contribution in [-0.4, -0.2) is 29.5 Å². The molecule has 1 unspecified atom stereocenters. The molecule has 0 amide bonds. The van der Waals surface area contributed by atoms with Crippen LogP contribution in [0.25, 0.3) is 0 Å². The molecule has 0 fully saturated rings. The lowest BCUT2D eigenvalue weighted by molar-refractivity contribution is 0.347. The van der Waals surface area contributed by atoms with E-state index < -0.39 is 0 Å². The Kier molecular flexibility index (Phi) is 3.63. The van der Waals surface area contributed by atoms with Crippen molar-refractivity contribution in [2.45, 2.75) is 38.8 Å². The van der Waals surface area contributed by atoms with Crippen LogP contribution in [0, 0.1) is 0 Å². The molecule has 0 aliphatic heterocycles. The quantitative estimate of drug-likeness (QED) is 0.736. The molecule has 0 saturated heterocycles. The summed E-state index contributed by atoms with van der Waals surface area (Å²) in [6.07, 6.45) is 10.1. The zero-order valence-corrected chi connectivity index (χ0v) is 9.40. The molecule has 0 spiro atoms. The summed E-state index contributed by atoms with van der Waals surface area (Å²) in [5.41, 5.74) is 0. The van der Waals surface area contributed by atoms with Gasteiger partial charge in [-0.15, -0.1) is 0 Å². The van der Waals surface area contributed by atoms with Gasteiger partial charge in [0.25, 0.3) is 0 Å². The molecule has 6 heteroatoms. The van der Waals surface area contributed by atoms with Crippen LogP contribution in [0.1, 0.15) is 32.2 Å². The van der Waals surface area contributed by atoms with E-state index >= 15 is 0 Å². The van der Waals surface area contributed by atoms with Crippen LogP contribution in [0.15, 0.2) is 25.3 Å². The fraction of sp³-hybridized carbons (Fsp3) is 0.600. The van der Waals surface area contributed by atoms with Crippen molar-refractivity contribution in [3.8, 4) is 0 Å². The summed E-state index contributed by atoms with van der Waals surface area (Å²) >= 11 is 0. The first-order valence-corrected chi connectivity index (χ1v) is 5.56. The van der Waals surface area contributed by atoms with Gasteiger partial charge in [-0.2, -0.15) is 10.2 Å². The van der Waals surface area contributed by atoms with Crippen LogP contribution in [0.4, 0.5) is 0 Å². The maximum Gasteiger partial charge on any atom is 0.137 e. The lowest BCUT2D eigenvalue weighted by Gasteiger charge is -2.16. The van der Waals surface area contributed by atoms with E-state index in [2.05, 4.69) is 27.1 Å². The second-order valence-corrected chi connectivity index (χ2v) is 3.79. The summed E-state index contributed by atoms with van der Waals surface area (Å²) in [6.45, 7) is 2.98. The van der Waals surface area contributed by atoms with E-state index in [1.165, 1.54) is 12.8 Å². The van der Waals surface area contributed by atoms with E-state index in [4.69, 9.17) is 0 Å². The Balaban J connectivity index is 2.03. The van der Waals surface area contributed by atoms with E-state index in [9.17, 15) is 0 Å². The van der Waals surface area contributed by atoms with Crippen molar-refractivity contribution in [2.75, 3.05) is 0 Å². The molecule has 1 atom stereocenters. The van der Waals surface area contributed by atoms with Crippen molar-refractivity contribution in [3.05, 3.63) is 25.3 Å². The number of aromatic nitrogens is 6. The molecule has 0 aliphatic carbocycles. The second kappa shape index (κ2) is 5.39. The molecule has 6 nitrogen and oxygen atoms in total. The fourth-order valence-corrected chi connectivity index (χ4v) is 1.70. The second-order valence-electron chi connectivity index (χ2n) is 3.79. The molecule has 0 bridgehead atoms. The van der Waals surface area contributed by atoms with Crippen molar-refractivity contribution in [1.29, 1.82) is 0 Å². The summed E-state index contributed by atoms with van der Waals surface area (Å²) in [5.74, 6) is 0. The summed E-state index contributed by atoms with van der Waals surface area (Å²) in [6, 6.07) is 0.309. The van der Waals surface area contributed by atoms with Crippen LogP contribution in [0.3, 0.4) is 0 Å². The molecule has 0 N–H and O–H groups in total. The van der Waals surface area contributed by atoms with Crippen molar-refractivity contribution in [2.24, 2.45) is 0 Å². The Bertz CT molecular complexity index is 379. The smallest absolute Gasteiger partial charge is 0.137 e. The van der Waals surface area contributed by atoms with Gasteiger partial charge in [-0.25, -0.2) is 14.6 Å². The first kappa shape index (κ1) is 10.8. The van der Waals surface area contributed by atoms with Gasteiger partial charge >= 0.3 is 0 Å². The van der Waals surface area contributed by atoms with Gasteiger partial charge in [0.15, 0.2) is 0 Å². The molecule has 0 saturated carbocycles. The number of hydrogen-bond donors (Lipinski definition) is 0. The molecule has 86 valence electrons. The summed E-state index contributed by atoms with van der Waals surface area (Å²) in [7, 11) is 0. The minimum atomic E-state index is 0.309. The summed E-state index contributed by atoms with van der Waals surface area (Å²) in [5, 5.41) is 8.31. The standard InChI is InChI=1S/C10H16N6/c1-2-3-4-10(16-9-12-7-14-16)5-15-8-11-6-13-15/h6-10H,2-5H2,1H3. The number of rotatable bonds is 6. The van der Waals surface area contributed by atoms with E-state index in [-0.39, 0.29) is 0 Å². The lowest BCUT2D eigenvalue weighted by Crippen LogP contribution is -2.17. The number of nitrogens with zero attached hydrogens (tertiary/aromatic N) is 6. The molecule has 2 aromatic rings. The van der Waals surface area contributed by atoms with Gasteiger partial charge < -0.3 is 0 Å². The van der Waals surface area contributed by atoms with Gasteiger partial charge in [-0.1, -0.05) is 19.8 Å². The predicted molar refractivity (Wildman–Crippen MR) is 58.6 cm³/mol. The monoisotopic (exact) mass is 220 g/mol. The van der Waals surface area contributed by atoms with Crippen LogP contribution >= 0.6 is 0 Å². The van der Waals surface area contributed by atoms with Gasteiger partial charge in [0.05, 0.1) is 12.6 Å². The fourth-order valence-electron chi connectivity index (χ4n) is 1.70. The Hall–Kier alpha value is -1.72. The Morgan fingerprint density at radius 1 is 1.12 bits per heavy atom. The Labute approximate surface area is 94.3 Å². The molecular formula is C10H16N6. The third-order valence-corrected chi connectivity index (χ3v) is 2.57. The van der Waals surface area contributed by atoms with Gasteiger partial charge in [0.2, 0.25) is 0 Å². The molecule has 2 heterocycles. The van der Waals surface area contributed by atoms with Gasteiger partial charge in [-0.05, 0) is 6.42 Å². The van der Waals surface area contributed by atoms with Crippen molar-refractivity contribution in [3.63, 3.8) is 0 Å². The summed E-state index contributed by atoms with van der Waals surface area (Å²) in [4.78, 5) is 7.93. The Morgan fingerprint density at radius 3 is 2.56 bits per heavy atom. The van der Waals surface area contributed by atoms with Crippen LogP contribution in [0.2, 0.25) is 0 Å². The molecule has 16 heavy (non-hydrogen) atoms. The highest BCUT2D eigenvalue weighted by atomic mass is 15.4. The van der Waals surface area contributed by atoms with E-state index in [1.54, 1.807) is 25.3 Å². The van der Waals surface area contributed by atoms with Crippen LogP contribution in [-0.2, 0) is 6.54 Å². The van der Waals surface area contributed by atoms with E-state index in [0.717, 1.165) is 13.0 Å². The topological polar surface area (TPSA) is 61.4 Å². The average molecular weight is 220 g/mol. The first-order valence-electron chi connectivity index (χ1n) is 5.56. The minimum absolute atomic E-state index is 0.309. The molecule has 0 radical (unpaired) electrons. The highest BCUT2D eigenvalue weighted by Gasteiger charge is 2.12. The zero-order valence-electron chi connectivity index (χ0n) is 9.40. The van der Waals surface area contributed by atoms with Crippen molar-refractivity contribution >= 4 is 0 Å². The summed E-state index contributed by atoms with van der Waals surface area (Å²) < 4.78 is 3.74. The third kappa shape index (κ3) is 2.65. The van der Waals surface area contributed by atoms with Gasteiger partial charge in [-0.3, -0.25) is 4.68 Å². The molecule has 2 aromatic heterocycles. The molecule has 2 rings (SSSR count). The Morgan fingerprint density at radius 2 is 1.94 bits per heavy atom. The minimum Gasteiger partial charge on any atom is -0.251 e. The highest BCUT2D eigenvalue weighted by molar-refractivity contribution is 4.70. The largest absolute Gasteiger partial charge is 0.251 e. The predicted octanol–water partition coefficient (Wildman–Crippen LogP) is 1.30. The van der Waals surface area contributed by atoms with Crippen molar-refractivity contribution < 1.29 is 0 Å². The lowest BCUT2D eigenvalue weighted by atomic mass is 10.1. The highest BCUT2D eigenvalue weighted by Crippen LogP contribution is 2.15. The van der Waals surface area contributed by atoms with Crippen LogP contribution in [0.5, 0.6) is 0 Å². The van der Waals surface area contributed by atoms with Gasteiger partial charge in [0.1, 0.15) is 25.3 Å². The first-order chi connectivity index (χ1) is 7.90. The van der Waals surface area contributed by atoms with Crippen LogP contribution < -0.4 is 0 Å².